The van der Waals surface area contributed by atoms with Gasteiger partial charge in [-0.3, -0.25) is 0 Å². The molecule has 0 aromatic carbocycles. The SMILES string of the molecule is CC(C)C(c1nc(C2CC2)ns1)C(C)N. The van der Waals surface area contributed by atoms with Crippen molar-refractivity contribution < 1.29 is 0 Å². The van der Waals surface area contributed by atoms with E-state index in [2.05, 4.69) is 30.1 Å². The fraction of sp³-hybridized carbons (Fsp3) is 0.818. The Morgan fingerprint density at radius 3 is 2.47 bits per heavy atom. The van der Waals surface area contributed by atoms with Crippen molar-refractivity contribution in [3.63, 3.8) is 0 Å². The van der Waals surface area contributed by atoms with Crippen LogP contribution in [0.25, 0.3) is 0 Å². The normalized spacial score (nSPS) is 20.6. The minimum absolute atomic E-state index is 0.157. The van der Waals surface area contributed by atoms with Gasteiger partial charge in [0.1, 0.15) is 10.8 Å². The molecule has 1 fully saturated rings. The van der Waals surface area contributed by atoms with Crippen molar-refractivity contribution >= 4 is 11.5 Å². The Balaban J connectivity index is 2.17. The lowest BCUT2D eigenvalue weighted by atomic mass is 9.90. The number of hydrogen-bond donors (Lipinski definition) is 1. The summed E-state index contributed by atoms with van der Waals surface area (Å²) in [6, 6.07) is 0.157. The zero-order valence-corrected chi connectivity index (χ0v) is 10.4. The van der Waals surface area contributed by atoms with Crippen molar-refractivity contribution in [3.8, 4) is 0 Å². The Morgan fingerprint density at radius 1 is 1.33 bits per heavy atom. The van der Waals surface area contributed by atoms with Crippen molar-refractivity contribution in [2.24, 2.45) is 11.7 Å². The van der Waals surface area contributed by atoms with E-state index in [1.807, 2.05) is 0 Å². The summed E-state index contributed by atoms with van der Waals surface area (Å²) in [7, 11) is 0. The van der Waals surface area contributed by atoms with Gasteiger partial charge in [-0.2, -0.15) is 4.37 Å². The molecule has 0 bridgehead atoms. The predicted molar refractivity (Wildman–Crippen MR) is 63.1 cm³/mol. The maximum atomic E-state index is 6.01. The molecule has 2 N–H and O–H groups in total. The van der Waals surface area contributed by atoms with Gasteiger partial charge in [0.15, 0.2) is 0 Å². The summed E-state index contributed by atoms with van der Waals surface area (Å²) in [6.07, 6.45) is 2.53. The van der Waals surface area contributed by atoms with Crippen LogP contribution in [-0.2, 0) is 0 Å². The summed E-state index contributed by atoms with van der Waals surface area (Å²) in [4.78, 5) is 4.64. The number of hydrogen-bond acceptors (Lipinski definition) is 4. The minimum atomic E-state index is 0.157. The van der Waals surface area contributed by atoms with E-state index in [-0.39, 0.29) is 6.04 Å². The number of aromatic nitrogens is 2. The maximum Gasteiger partial charge on any atom is 0.145 e. The van der Waals surface area contributed by atoms with E-state index >= 15 is 0 Å². The van der Waals surface area contributed by atoms with Crippen LogP contribution in [0.1, 0.15) is 56.3 Å². The Hall–Kier alpha value is -0.480. The first-order valence-electron chi connectivity index (χ1n) is 5.68. The first-order valence-corrected chi connectivity index (χ1v) is 6.46. The average molecular weight is 225 g/mol. The van der Waals surface area contributed by atoms with Gasteiger partial charge in [0.05, 0.1) is 0 Å². The standard InChI is InChI=1S/C11H19N3S/c1-6(2)9(7(3)12)11-13-10(14-15-11)8-4-5-8/h6-9H,4-5,12H2,1-3H3. The largest absolute Gasteiger partial charge is 0.327 e. The van der Waals surface area contributed by atoms with E-state index in [9.17, 15) is 0 Å². The van der Waals surface area contributed by atoms with Crippen LogP contribution in [0.3, 0.4) is 0 Å². The molecule has 84 valence electrons. The third kappa shape index (κ3) is 2.37. The van der Waals surface area contributed by atoms with Crippen LogP contribution in [0.5, 0.6) is 0 Å². The van der Waals surface area contributed by atoms with Crippen molar-refractivity contribution in [2.45, 2.75) is 51.5 Å². The van der Waals surface area contributed by atoms with Gasteiger partial charge in [0.2, 0.25) is 0 Å². The molecule has 15 heavy (non-hydrogen) atoms. The van der Waals surface area contributed by atoms with Crippen molar-refractivity contribution in [1.29, 1.82) is 0 Å². The van der Waals surface area contributed by atoms with Gasteiger partial charge in [-0.1, -0.05) is 13.8 Å². The van der Waals surface area contributed by atoms with Gasteiger partial charge >= 0.3 is 0 Å². The highest BCUT2D eigenvalue weighted by Gasteiger charge is 2.30. The Labute approximate surface area is 95.3 Å². The van der Waals surface area contributed by atoms with Crippen LogP contribution < -0.4 is 5.73 Å². The molecule has 1 aliphatic carbocycles. The topological polar surface area (TPSA) is 51.8 Å². The van der Waals surface area contributed by atoms with Gasteiger partial charge < -0.3 is 5.73 Å². The molecule has 2 atom stereocenters. The first kappa shape index (κ1) is 11.0. The molecule has 1 heterocycles. The lowest BCUT2D eigenvalue weighted by Crippen LogP contribution is -2.28. The molecule has 0 aliphatic heterocycles. The molecule has 2 unspecified atom stereocenters. The monoisotopic (exact) mass is 225 g/mol. The fourth-order valence-electron chi connectivity index (χ4n) is 2.01. The molecule has 0 saturated heterocycles. The van der Waals surface area contributed by atoms with Gasteiger partial charge in [-0.05, 0) is 37.2 Å². The number of nitrogens with two attached hydrogens (primary N) is 1. The molecule has 1 aromatic rings. The second-order valence-corrected chi connectivity index (χ2v) is 5.68. The van der Waals surface area contributed by atoms with E-state index in [1.165, 1.54) is 12.8 Å². The van der Waals surface area contributed by atoms with Crippen molar-refractivity contribution in [1.82, 2.24) is 9.36 Å². The number of rotatable bonds is 4. The Bertz CT molecular complexity index is 320. The smallest absolute Gasteiger partial charge is 0.145 e. The second-order valence-electron chi connectivity index (χ2n) is 4.89. The highest BCUT2D eigenvalue weighted by molar-refractivity contribution is 7.05. The highest BCUT2D eigenvalue weighted by atomic mass is 32.1. The van der Waals surface area contributed by atoms with E-state index < -0.39 is 0 Å². The molecule has 1 aliphatic rings. The van der Waals surface area contributed by atoms with Gasteiger partial charge in [0, 0.05) is 17.9 Å². The molecular weight excluding hydrogens is 206 g/mol. The van der Waals surface area contributed by atoms with Gasteiger partial charge in [0.25, 0.3) is 0 Å². The van der Waals surface area contributed by atoms with Crippen molar-refractivity contribution in [2.75, 3.05) is 0 Å². The van der Waals surface area contributed by atoms with Crippen LogP contribution >= 0.6 is 11.5 Å². The summed E-state index contributed by atoms with van der Waals surface area (Å²) in [5, 5.41) is 1.13. The van der Waals surface area contributed by atoms with E-state index in [0.29, 0.717) is 17.8 Å². The molecule has 1 saturated carbocycles. The second kappa shape index (κ2) is 4.18. The lowest BCUT2D eigenvalue weighted by Gasteiger charge is -2.21. The zero-order chi connectivity index (χ0) is 11.0. The molecule has 0 radical (unpaired) electrons. The molecule has 4 heteroatoms. The average Bonchev–Trinajstić information content (AvgIpc) is 2.87. The van der Waals surface area contributed by atoms with Crippen LogP contribution in [0.2, 0.25) is 0 Å². The highest BCUT2D eigenvalue weighted by Crippen LogP contribution is 2.40. The van der Waals surface area contributed by atoms with Gasteiger partial charge in [-0.15, -0.1) is 0 Å². The summed E-state index contributed by atoms with van der Waals surface area (Å²) in [6.45, 7) is 6.46. The quantitative estimate of drug-likeness (QED) is 0.856. The molecular formula is C11H19N3S. The zero-order valence-electron chi connectivity index (χ0n) is 9.60. The predicted octanol–water partition coefficient (Wildman–Crippen LogP) is 2.50. The van der Waals surface area contributed by atoms with Crippen LogP contribution in [0.4, 0.5) is 0 Å². The third-order valence-corrected chi connectivity index (χ3v) is 3.80. The molecule has 0 spiro atoms. The Kier molecular flexibility index (Phi) is 3.07. The first-order chi connectivity index (χ1) is 7.09. The molecule has 3 nitrogen and oxygen atoms in total. The van der Waals surface area contributed by atoms with Crippen LogP contribution in [0.15, 0.2) is 0 Å². The fourth-order valence-corrected chi connectivity index (χ4v) is 3.13. The summed E-state index contributed by atoms with van der Waals surface area (Å²) < 4.78 is 4.44. The molecule has 1 aromatic heterocycles. The van der Waals surface area contributed by atoms with Gasteiger partial charge in [-0.25, -0.2) is 4.98 Å². The summed E-state index contributed by atoms with van der Waals surface area (Å²) in [5.74, 6) is 2.59. The van der Waals surface area contributed by atoms with E-state index in [1.54, 1.807) is 11.5 Å². The number of nitrogens with zero attached hydrogens (tertiary/aromatic N) is 2. The maximum absolute atomic E-state index is 6.01. The van der Waals surface area contributed by atoms with E-state index in [0.717, 1.165) is 10.8 Å². The Morgan fingerprint density at radius 2 is 2.00 bits per heavy atom. The summed E-state index contributed by atoms with van der Waals surface area (Å²) in [5.41, 5.74) is 6.01. The van der Waals surface area contributed by atoms with Crippen LogP contribution in [0, 0.1) is 5.92 Å². The molecule has 0 amide bonds. The third-order valence-electron chi connectivity index (χ3n) is 2.97. The molecule has 2 rings (SSSR count). The van der Waals surface area contributed by atoms with Crippen LogP contribution in [-0.4, -0.2) is 15.4 Å². The van der Waals surface area contributed by atoms with E-state index in [4.69, 9.17) is 5.73 Å². The summed E-state index contributed by atoms with van der Waals surface area (Å²) >= 11 is 1.54. The van der Waals surface area contributed by atoms with Crippen molar-refractivity contribution in [3.05, 3.63) is 10.8 Å². The lowest BCUT2D eigenvalue weighted by molar-refractivity contribution is 0.433. The minimum Gasteiger partial charge on any atom is -0.327 e.